The van der Waals surface area contributed by atoms with Crippen LogP contribution in [0.25, 0.3) is 0 Å². The second-order valence-corrected chi connectivity index (χ2v) is 10.3. The van der Waals surface area contributed by atoms with Crippen LogP contribution in [-0.4, -0.2) is 54.2 Å². The normalized spacial score (nSPS) is 13.9. The van der Waals surface area contributed by atoms with Crippen LogP contribution in [0, 0.1) is 5.41 Å². The summed E-state index contributed by atoms with van der Waals surface area (Å²) in [6, 6.07) is 7.75. The third-order valence-corrected chi connectivity index (χ3v) is 6.59. The lowest BCUT2D eigenvalue weighted by atomic mass is 9.91. The number of halogens is 6. The van der Waals surface area contributed by atoms with Crippen molar-refractivity contribution < 1.29 is 46.2 Å². The zero-order valence-corrected chi connectivity index (χ0v) is 24.2. The van der Waals surface area contributed by atoms with E-state index in [1.165, 1.54) is 36.4 Å². The van der Waals surface area contributed by atoms with Crippen LogP contribution >= 0.6 is 11.6 Å². The fourth-order valence-electron chi connectivity index (χ4n) is 3.31. The molecule has 3 amide bonds. The Morgan fingerprint density at radius 1 is 1.00 bits per heavy atom. The molecule has 8 nitrogen and oxygen atoms in total. The van der Waals surface area contributed by atoms with Crippen molar-refractivity contribution >= 4 is 35.0 Å². The minimum absolute atomic E-state index is 0.00396. The number of nitrogens with one attached hydrogen (secondary N) is 3. The Hall–Kier alpha value is -3.45. The highest BCUT2D eigenvalue weighted by Crippen LogP contribution is 2.37. The molecule has 1 saturated carbocycles. The number of aliphatic hydroxyl groups is 1. The van der Waals surface area contributed by atoms with Gasteiger partial charge in [0.15, 0.2) is 0 Å². The highest BCUT2D eigenvalue weighted by molar-refractivity contribution is 6.34. The summed E-state index contributed by atoms with van der Waals surface area (Å²) in [6.45, 7) is 4.14. The molecule has 2 aromatic carbocycles. The van der Waals surface area contributed by atoms with Gasteiger partial charge in [0.25, 0.3) is 18.2 Å². The van der Waals surface area contributed by atoms with Crippen molar-refractivity contribution in [3.63, 3.8) is 0 Å². The van der Waals surface area contributed by atoms with Crippen LogP contribution in [0.2, 0.25) is 5.02 Å². The van der Waals surface area contributed by atoms with Gasteiger partial charge in [-0.25, -0.2) is 8.78 Å². The van der Waals surface area contributed by atoms with Crippen LogP contribution in [0.15, 0.2) is 36.4 Å². The molecule has 0 heterocycles. The van der Waals surface area contributed by atoms with E-state index in [1.807, 2.05) is 13.8 Å². The second-order valence-electron chi connectivity index (χ2n) is 9.89. The number of rotatable bonds is 11. The zero-order valence-electron chi connectivity index (χ0n) is 23.4. The summed E-state index contributed by atoms with van der Waals surface area (Å²) >= 11 is 6.14. The first kappa shape index (κ1) is 34.7. The molecule has 1 fully saturated rings. The number of alkyl halides is 5. The molecule has 14 heteroatoms. The summed E-state index contributed by atoms with van der Waals surface area (Å²) in [6.07, 6.45) is -6.57. The number of ether oxygens (including phenoxy) is 1. The van der Waals surface area contributed by atoms with E-state index < -0.39 is 47.9 Å². The predicted molar refractivity (Wildman–Crippen MR) is 147 cm³/mol. The number of hydrogen-bond donors (Lipinski definition) is 4. The highest BCUT2D eigenvalue weighted by atomic mass is 35.5. The van der Waals surface area contributed by atoms with Gasteiger partial charge in [-0.3, -0.25) is 14.4 Å². The van der Waals surface area contributed by atoms with Gasteiger partial charge in [-0.05, 0) is 62.6 Å². The molecule has 1 aliphatic rings. The van der Waals surface area contributed by atoms with E-state index in [9.17, 15) is 41.4 Å². The first-order chi connectivity index (χ1) is 19.5. The SMILES string of the molecule is CC.CC(C)(C(=O)NCc1ccc(Cl)c(C(=O)Nc2ccc(OCC(F)F)c(C(=O)NCC3(O)CC3)c2)c1)C(F)(F)F. The molecular weight excluding hydrogens is 589 g/mol. The zero-order chi connectivity index (χ0) is 31.9. The second kappa shape index (κ2) is 14.1. The Balaban J connectivity index is 0.00000301. The highest BCUT2D eigenvalue weighted by Gasteiger charge is 2.52. The smallest absolute Gasteiger partial charge is 0.402 e. The van der Waals surface area contributed by atoms with E-state index in [0.717, 1.165) is 13.8 Å². The van der Waals surface area contributed by atoms with Gasteiger partial charge < -0.3 is 25.8 Å². The molecule has 1 aliphatic carbocycles. The quantitative estimate of drug-likeness (QED) is 0.240. The van der Waals surface area contributed by atoms with Crippen molar-refractivity contribution in [2.75, 3.05) is 18.5 Å². The van der Waals surface area contributed by atoms with Crippen molar-refractivity contribution in [1.82, 2.24) is 10.6 Å². The molecule has 0 unspecified atom stereocenters. The largest absolute Gasteiger partial charge is 0.487 e. The Bertz CT molecular complexity index is 1280. The molecule has 0 spiro atoms. The molecular formula is C28H33ClF5N3O5. The van der Waals surface area contributed by atoms with Gasteiger partial charge in [-0.15, -0.1) is 0 Å². The third kappa shape index (κ3) is 9.28. The summed E-state index contributed by atoms with van der Waals surface area (Å²) in [5, 5.41) is 17.2. The maximum atomic E-state index is 13.1. The van der Waals surface area contributed by atoms with E-state index in [1.54, 1.807) is 0 Å². The number of benzene rings is 2. The first-order valence-electron chi connectivity index (χ1n) is 13.0. The lowest BCUT2D eigenvalue weighted by Gasteiger charge is -2.26. The molecule has 3 rings (SSSR count). The number of hydrogen-bond acceptors (Lipinski definition) is 5. The summed E-state index contributed by atoms with van der Waals surface area (Å²) < 4.78 is 69.7. The molecule has 0 saturated heterocycles. The van der Waals surface area contributed by atoms with Gasteiger partial charge in [0, 0.05) is 18.8 Å². The summed E-state index contributed by atoms with van der Waals surface area (Å²) in [7, 11) is 0. The van der Waals surface area contributed by atoms with Crippen LogP contribution in [-0.2, 0) is 11.3 Å². The van der Waals surface area contributed by atoms with Crippen molar-refractivity contribution in [1.29, 1.82) is 0 Å². The number of amides is 3. The topological polar surface area (TPSA) is 117 Å². The molecule has 0 atom stereocenters. The van der Waals surface area contributed by atoms with Gasteiger partial charge in [-0.2, -0.15) is 13.2 Å². The minimum Gasteiger partial charge on any atom is -0.487 e. The maximum absolute atomic E-state index is 13.1. The molecule has 0 aliphatic heterocycles. The summed E-state index contributed by atoms with van der Waals surface area (Å²) in [5.41, 5.74) is -3.54. The fraction of sp³-hybridized carbons (Fsp3) is 0.464. The van der Waals surface area contributed by atoms with E-state index in [-0.39, 0.29) is 46.2 Å². The van der Waals surface area contributed by atoms with Gasteiger partial charge in [-0.1, -0.05) is 31.5 Å². The van der Waals surface area contributed by atoms with E-state index in [0.29, 0.717) is 12.8 Å². The predicted octanol–water partition coefficient (Wildman–Crippen LogP) is 5.72. The number of carbonyl (C=O) groups is 3. The van der Waals surface area contributed by atoms with Crippen LogP contribution in [0.1, 0.15) is 66.8 Å². The van der Waals surface area contributed by atoms with E-state index >= 15 is 0 Å². The van der Waals surface area contributed by atoms with Gasteiger partial charge in [0.05, 0.1) is 21.8 Å². The lowest BCUT2D eigenvalue weighted by Crippen LogP contribution is -2.46. The van der Waals surface area contributed by atoms with E-state index in [4.69, 9.17) is 16.3 Å². The Kier molecular flexibility index (Phi) is 11.7. The molecule has 232 valence electrons. The van der Waals surface area contributed by atoms with Crippen LogP contribution < -0.4 is 20.7 Å². The Morgan fingerprint density at radius 2 is 1.64 bits per heavy atom. The number of carbonyl (C=O) groups excluding carboxylic acids is 3. The average Bonchev–Trinajstić information content (AvgIpc) is 3.67. The van der Waals surface area contributed by atoms with Gasteiger partial charge in [0.2, 0.25) is 5.91 Å². The van der Waals surface area contributed by atoms with Gasteiger partial charge >= 0.3 is 6.18 Å². The van der Waals surface area contributed by atoms with Gasteiger partial charge in [0.1, 0.15) is 17.8 Å². The monoisotopic (exact) mass is 621 g/mol. The van der Waals surface area contributed by atoms with Crippen molar-refractivity contribution in [2.24, 2.45) is 5.41 Å². The first-order valence-corrected chi connectivity index (χ1v) is 13.4. The molecule has 0 radical (unpaired) electrons. The molecule has 42 heavy (non-hydrogen) atoms. The average molecular weight is 622 g/mol. The third-order valence-electron chi connectivity index (χ3n) is 6.26. The fourth-order valence-corrected chi connectivity index (χ4v) is 3.52. The Morgan fingerprint density at radius 3 is 2.21 bits per heavy atom. The van der Waals surface area contributed by atoms with Crippen LogP contribution in [0.5, 0.6) is 5.75 Å². The molecule has 4 N–H and O–H groups in total. The molecule has 2 aromatic rings. The Labute approximate surface area is 245 Å². The van der Waals surface area contributed by atoms with Crippen LogP contribution in [0.3, 0.4) is 0 Å². The maximum Gasteiger partial charge on any atom is 0.402 e. The summed E-state index contributed by atoms with van der Waals surface area (Å²) in [5.74, 6) is -2.90. The van der Waals surface area contributed by atoms with E-state index in [2.05, 4.69) is 16.0 Å². The lowest BCUT2D eigenvalue weighted by molar-refractivity contribution is -0.211. The summed E-state index contributed by atoms with van der Waals surface area (Å²) in [4.78, 5) is 37.8. The van der Waals surface area contributed by atoms with Crippen LogP contribution in [0.4, 0.5) is 27.6 Å². The standard InChI is InChI=1S/C26H27ClF5N3O5.C2H6/c1-24(2,26(30,31)32)23(38)33-11-14-3-5-18(27)16(9-14)22(37)35-15-4-6-19(40-12-20(28)29)17(10-15)21(36)34-13-25(39)7-8-25;1-2/h3-6,9-10,20,39H,7-8,11-13H2,1-2H3,(H,33,38)(H,34,36)(H,35,37);1-2H3. The van der Waals surface area contributed by atoms with Crippen molar-refractivity contribution in [3.05, 3.63) is 58.1 Å². The van der Waals surface area contributed by atoms with Crippen molar-refractivity contribution in [2.45, 2.75) is 65.3 Å². The van der Waals surface area contributed by atoms with Crippen molar-refractivity contribution in [3.8, 4) is 5.75 Å². The minimum atomic E-state index is -4.77. The molecule has 0 bridgehead atoms. The number of anilines is 1. The molecule has 0 aromatic heterocycles.